The number of aromatic nitrogens is 6. The first-order valence-corrected chi connectivity index (χ1v) is 14.5. The molecule has 2 saturated heterocycles. The predicted molar refractivity (Wildman–Crippen MR) is 163 cm³/mol. The molecule has 9 nitrogen and oxygen atoms in total. The number of aryl methyl sites for hydroxylation is 1. The highest BCUT2D eigenvalue weighted by Crippen LogP contribution is 2.41. The van der Waals surface area contributed by atoms with Crippen molar-refractivity contribution in [3.63, 3.8) is 0 Å². The minimum absolute atomic E-state index is 0.0740. The Hall–Kier alpha value is -4.50. The number of imidazole rings is 2. The van der Waals surface area contributed by atoms with Crippen molar-refractivity contribution in [2.45, 2.75) is 46.2 Å². The summed E-state index contributed by atoms with van der Waals surface area (Å²) in [6.45, 7) is 9.47. The van der Waals surface area contributed by atoms with E-state index in [-0.39, 0.29) is 6.17 Å². The van der Waals surface area contributed by atoms with Gasteiger partial charge in [-0.05, 0) is 70.0 Å². The number of allylic oxidation sites excluding steroid dienone is 4. The number of nitrogens with zero attached hydrogens (tertiary/aromatic N) is 6. The van der Waals surface area contributed by atoms with Crippen molar-refractivity contribution in [3.05, 3.63) is 95.3 Å². The van der Waals surface area contributed by atoms with Gasteiger partial charge in [-0.25, -0.2) is 19.9 Å². The molecule has 3 aliphatic rings. The van der Waals surface area contributed by atoms with Gasteiger partial charge >= 0.3 is 0 Å². The van der Waals surface area contributed by atoms with Crippen LogP contribution in [0.25, 0.3) is 28.0 Å². The first kappa shape index (κ1) is 25.5. The maximum Gasteiger partial charge on any atom is 0.166 e. The van der Waals surface area contributed by atoms with Gasteiger partial charge in [-0.1, -0.05) is 30.7 Å². The van der Waals surface area contributed by atoms with E-state index in [1.54, 1.807) is 12.5 Å². The fourth-order valence-electron chi connectivity index (χ4n) is 5.94. The number of pyridine rings is 2. The average Bonchev–Trinajstić information content (AvgIpc) is 3.40. The van der Waals surface area contributed by atoms with E-state index in [1.807, 2.05) is 30.0 Å². The van der Waals surface area contributed by atoms with Gasteiger partial charge in [-0.2, -0.15) is 0 Å². The number of hydrogen-bond donors (Lipinski definition) is 3. The van der Waals surface area contributed by atoms with Crippen LogP contribution in [0.3, 0.4) is 0 Å². The second-order valence-corrected chi connectivity index (χ2v) is 11.0. The fourth-order valence-corrected chi connectivity index (χ4v) is 5.94. The molecule has 41 heavy (non-hydrogen) atoms. The first-order chi connectivity index (χ1) is 20.1. The van der Waals surface area contributed by atoms with Crippen LogP contribution < -0.4 is 10.6 Å². The van der Waals surface area contributed by atoms with Gasteiger partial charge in [0, 0.05) is 36.3 Å². The topological polar surface area (TPSA) is 109 Å². The molecule has 0 spiro atoms. The van der Waals surface area contributed by atoms with Crippen LogP contribution in [-0.2, 0) is 0 Å². The lowest BCUT2D eigenvalue weighted by atomic mass is 9.97. The SMILES string of the molecule is C/C=C/C(=C\C(=C/C)c1cnc2c(c1)C(c1nc3c(-n4cnc(C)c4)nccc3[nH]1)=C1NC1N2)CN1CCCCC1. The summed E-state index contributed by atoms with van der Waals surface area (Å²) < 4.78 is 1.92. The summed E-state index contributed by atoms with van der Waals surface area (Å²) in [5, 5.41) is 6.98. The summed E-state index contributed by atoms with van der Waals surface area (Å²) in [7, 11) is 0. The van der Waals surface area contributed by atoms with E-state index >= 15 is 0 Å². The van der Waals surface area contributed by atoms with Crippen molar-refractivity contribution < 1.29 is 0 Å². The predicted octanol–water partition coefficient (Wildman–Crippen LogP) is 5.35. The highest BCUT2D eigenvalue weighted by molar-refractivity contribution is 5.94. The molecular formula is C32H35N9. The van der Waals surface area contributed by atoms with Crippen LogP contribution >= 0.6 is 0 Å². The van der Waals surface area contributed by atoms with Crippen molar-refractivity contribution in [3.8, 4) is 5.82 Å². The number of hydrogen-bond acceptors (Lipinski definition) is 7. The molecular weight excluding hydrogens is 510 g/mol. The van der Waals surface area contributed by atoms with Crippen LogP contribution in [0.1, 0.15) is 55.8 Å². The lowest BCUT2D eigenvalue weighted by Gasteiger charge is -2.27. The third-order valence-electron chi connectivity index (χ3n) is 8.01. The molecule has 0 aromatic carbocycles. The molecule has 7 rings (SSSR count). The first-order valence-electron chi connectivity index (χ1n) is 14.5. The van der Waals surface area contributed by atoms with Gasteiger partial charge < -0.3 is 15.6 Å². The number of fused-ring (bicyclic) bond motifs is 3. The smallest absolute Gasteiger partial charge is 0.166 e. The summed E-state index contributed by atoms with van der Waals surface area (Å²) in [5.74, 6) is 2.41. The molecule has 0 bridgehead atoms. The second-order valence-electron chi connectivity index (χ2n) is 11.0. The highest BCUT2D eigenvalue weighted by Gasteiger charge is 2.40. The normalized spacial score (nSPS) is 19.3. The summed E-state index contributed by atoms with van der Waals surface area (Å²) in [5.41, 5.74) is 9.42. The van der Waals surface area contributed by atoms with Crippen LogP contribution in [0.2, 0.25) is 0 Å². The molecule has 9 heteroatoms. The van der Waals surface area contributed by atoms with Crippen LogP contribution in [0.5, 0.6) is 0 Å². The van der Waals surface area contributed by atoms with E-state index in [9.17, 15) is 0 Å². The second kappa shape index (κ2) is 10.5. The van der Waals surface area contributed by atoms with Gasteiger partial charge in [0.25, 0.3) is 0 Å². The number of nitrogens with one attached hydrogen (secondary N) is 3. The van der Waals surface area contributed by atoms with Crippen LogP contribution in [0.4, 0.5) is 5.82 Å². The van der Waals surface area contributed by atoms with Crippen LogP contribution in [0, 0.1) is 6.92 Å². The monoisotopic (exact) mass is 545 g/mol. The molecule has 4 aromatic rings. The number of rotatable bonds is 7. The molecule has 0 amide bonds. The van der Waals surface area contributed by atoms with Crippen molar-refractivity contribution in [1.82, 2.24) is 39.7 Å². The Morgan fingerprint density at radius 2 is 1.98 bits per heavy atom. The van der Waals surface area contributed by atoms with Gasteiger partial charge in [0.05, 0.1) is 22.5 Å². The number of likely N-dealkylation sites (tertiary alicyclic amines) is 1. The lowest BCUT2D eigenvalue weighted by molar-refractivity contribution is 0.248. The van der Waals surface area contributed by atoms with E-state index < -0.39 is 0 Å². The molecule has 1 atom stereocenters. The number of piperidine rings is 1. The van der Waals surface area contributed by atoms with Crippen LogP contribution in [0.15, 0.2) is 72.6 Å². The van der Waals surface area contributed by atoms with E-state index in [0.29, 0.717) is 0 Å². The molecule has 7 heterocycles. The summed E-state index contributed by atoms with van der Waals surface area (Å²) >= 11 is 0. The Morgan fingerprint density at radius 3 is 2.76 bits per heavy atom. The maximum atomic E-state index is 5.07. The number of H-pyrrole nitrogens is 1. The summed E-state index contributed by atoms with van der Waals surface area (Å²) in [4.78, 5) is 25.1. The largest absolute Gasteiger partial charge is 0.360 e. The zero-order valence-electron chi connectivity index (χ0n) is 23.8. The van der Waals surface area contributed by atoms with E-state index in [2.05, 4.69) is 74.7 Å². The minimum Gasteiger partial charge on any atom is -0.360 e. The van der Waals surface area contributed by atoms with Crippen molar-refractivity contribution in [1.29, 1.82) is 0 Å². The van der Waals surface area contributed by atoms with E-state index in [4.69, 9.17) is 9.97 Å². The molecule has 2 fully saturated rings. The van der Waals surface area contributed by atoms with Crippen molar-refractivity contribution in [2.75, 3.05) is 25.0 Å². The fraction of sp³-hybridized carbons (Fsp3) is 0.312. The van der Waals surface area contributed by atoms with E-state index in [0.717, 1.165) is 68.7 Å². The minimum atomic E-state index is 0.0740. The molecule has 0 aliphatic carbocycles. The van der Waals surface area contributed by atoms with Crippen molar-refractivity contribution in [2.24, 2.45) is 0 Å². The Kier molecular flexibility index (Phi) is 6.51. The number of anilines is 1. The van der Waals surface area contributed by atoms with Gasteiger partial charge in [0.1, 0.15) is 29.7 Å². The van der Waals surface area contributed by atoms with E-state index in [1.165, 1.54) is 37.9 Å². The van der Waals surface area contributed by atoms with Gasteiger partial charge in [0.2, 0.25) is 0 Å². The molecule has 0 radical (unpaired) electrons. The molecule has 1 unspecified atom stereocenters. The average molecular weight is 546 g/mol. The third-order valence-corrected chi connectivity index (χ3v) is 8.01. The summed E-state index contributed by atoms with van der Waals surface area (Å²) in [6, 6.07) is 4.20. The van der Waals surface area contributed by atoms with Gasteiger partial charge in [-0.15, -0.1) is 0 Å². The molecule has 4 aromatic heterocycles. The van der Waals surface area contributed by atoms with Gasteiger partial charge in [-0.3, -0.25) is 9.47 Å². The quantitative estimate of drug-likeness (QED) is 0.212. The summed E-state index contributed by atoms with van der Waals surface area (Å²) in [6.07, 6.45) is 20.4. The molecule has 208 valence electrons. The zero-order valence-corrected chi connectivity index (χ0v) is 23.8. The highest BCUT2D eigenvalue weighted by atomic mass is 15.3. The zero-order chi connectivity index (χ0) is 27.9. The van der Waals surface area contributed by atoms with Crippen molar-refractivity contribution >= 4 is 28.0 Å². The third kappa shape index (κ3) is 4.86. The van der Waals surface area contributed by atoms with Gasteiger partial charge in [0.15, 0.2) is 5.82 Å². The molecule has 3 aliphatic heterocycles. The molecule has 3 N–H and O–H groups in total. The standard InChI is InChI=1S/C32H35N9/c1-4-9-21(18-40-12-7-6-8-13-40)14-22(5-2)23-15-24-26(28-31(38-28)39-29(24)34-16-23)30-36-25-10-11-33-32(27(25)37-30)41-17-20(3)35-19-41/h4-5,9-11,14-17,19,31,38H,6-8,12-13,18H2,1-3H3,(H,34,39)(H,36,37)/b9-4+,21-14+,22-5+. The number of aromatic amines is 1. The maximum absolute atomic E-state index is 5.07. The Bertz CT molecular complexity index is 1740. The van der Waals surface area contributed by atoms with Crippen LogP contribution in [-0.4, -0.2) is 60.2 Å². The Morgan fingerprint density at radius 1 is 1.10 bits per heavy atom. The molecule has 0 saturated carbocycles. The Labute approximate surface area is 239 Å². The Balaban J connectivity index is 1.26. The lowest BCUT2D eigenvalue weighted by Crippen LogP contribution is -2.31.